The van der Waals surface area contributed by atoms with Crippen molar-refractivity contribution in [2.24, 2.45) is 5.92 Å². The number of hydrogen-bond donors (Lipinski definition) is 4. The molecule has 8 heteroatoms. The molecule has 3 rings (SSSR count). The summed E-state index contributed by atoms with van der Waals surface area (Å²) in [5, 5.41) is 15.1. The highest BCUT2D eigenvalue weighted by molar-refractivity contribution is 7.98. The van der Waals surface area contributed by atoms with Gasteiger partial charge in [-0.2, -0.15) is 0 Å². The first-order valence-corrected chi connectivity index (χ1v) is 11.8. The summed E-state index contributed by atoms with van der Waals surface area (Å²) >= 11 is 1.61. The Hall–Kier alpha value is -3.91. The van der Waals surface area contributed by atoms with Gasteiger partial charge in [-0.25, -0.2) is 4.79 Å². The summed E-state index contributed by atoms with van der Waals surface area (Å²) in [6, 6.07) is 20.8. The number of phenolic OH excluding ortho intramolecular Hbond substituents is 1. The number of nitrogen functional groups attached to an aromatic ring is 1. The molecule has 0 saturated heterocycles. The molecule has 0 heterocycles. The average Bonchev–Trinajstić information content (AvgIpc) is 2.83. The van der Waals surface area contributed by atoms with Crippen LogP contribution >= 0.6 is 11.8 Å². The van der Waals surface area contributed by atoms with Crippen molar-refractivity contribution < 1.29 is 19.4 Å². The Labute approximate surface area is 203 Å². The van der Waals surface area contributed by atoms with E-state index in [0.29, 0.717) is 22.6 Å². The SMILES string of the molecule is CSc1ccc(NC(=O)O[C@H](c2ccc(O)cc2)[C@H](C)/C=C/C(=O)Nc2ccccc2N)cc1. The summed E-state index contributed by atoms with van der Waals surface area (Å²) in [7, 11) is 0. The molecule has 0 spiro atoms. The molecule has 176 valence electrons. The van der Waals surface area contributed by atoms with Gasteiger partial charge in [-0.15, -0.1) is 11.8 Å². The van der Waals surface area contributed by atoms with Gasteiger partial charge in [0.05, 0.1) is 11.4 Å². The second-order valence-corrected chi connectivity index (χ2v) is 8.45. The van der Waals surface area contributed by atoms with E-state index >= 15 is 0 Å². The van der Waals surface area contributed by atoms with E-state index in [-0.39, 0.29) is 17.6 Å². The number of carbonyl (C=O) groups excluding carboxylic acids is 2. The lowest BCUT2D eigenvalue weighted by Crippen LogP contribution is -2.21. The number of para-hydroxylation sites is 2. The summed E-state index contributed by atoms with van der Waals surface area (Å²) in [4.78, 5) is 26.1. The zero-order valence-corrected chi connectivity index (χ0v) is 19.7. The van der Waals surface area contributed by atoms with E-state index in [1.54, 1.807) is 66.4 Å². The molecule has 2 amide bonds. The average molecular weight is 478 g/mol. The van der Waals surface area contributed by atoms with Gasteiger partial charge in [0.25, 0.3) is 0 Å². The van der Waals surface area contributed by atoms with Gasteiger partial charge >= 0.3 is 6.09 Å². The Balaban J connectivity index is 1.71. The number of nitrogens with two attached hydrogens (primary N) is 1. The Kier molecular flexibility index (Phi) is 8.59. The number of carbonyl (C=O) groups is 2. The first-order valence-electron chi connectivity index (χ1n) is 10.6. The quantitative estimate of drug-likeness (QED) is 0.185. The van der Waals surface area contributed by atoms with E-state index < -0.39 is 12.2 Å². The molecule has 0 aliphatic carbocycles. The Morgan fingerprint density at radius 3 is 2.32 bits per heavy atom. The molecule has 0 unspecified atom stereocenters. The first-order chi connectivity index (χ1) is 16.4. The molecule has 0 aliphatic rings. The van der Waals surface area contributed by atoms with E-state index in [4.69, 9.17) is 10.5 Å². The van der Waals surface area contributed by atoms with Gasteiger partial charge in [-0.05, 0) is 66.4 Å². The molecule has 5 N–H and O–H groups in total. The summed E-state index contributed by atoms with van der Waals surface area (Å²) < 4.78 is 5.73. The number of rotatable bonds is 8. The molecule has 0 saturated carbocycles. The van der Waals surface area contributed by atoms with Gasteiger partial charge < -0.3 is 20.9 Å². The number of ether oxygens (including phenoxy) is 1. The summed E-state index contributed by atoms with van der Waals surface area (Å²) in [5.41, 5.74) is 8.13. The van der Waals surface area contributed by atoms with Crippen molar-refractivity contribution in [1.82, 2.24) is 0 Å². The van der Waals surface area contributed by atoms with Crippen LogP contribution in [0.3, 0.4) is 0 Å². The largest absolute Gasteiger partial charge is 0.508 e. The second kappa shape index (κ2) is 11.8. The highest BCUT2D eigenvalue weighted by Gasteiger charge is 2.22. The maximum Gasteiger partial charge on any atom is 0.412 e. The minimum Gasteiger partial charge on any atom is -0.508 e. The predicted molar refractivity (Wildman–Crippen MR) is 137 cm³/mol. The molecule has 7 nitrogen and oxygen atoms in total. The molecule has 0 bridgehead atoms. The number of aromatic hydroxyl groups is 1. The summed E-state index contributed by atoms with van der Waals surface area (Å²) in [6.07, 6.45) is 3.69. The van der Waals surface area contributed by atoms with E-state index in [1.165, 1.54) is 18.2 Å². The van der Waals surface area contributed by atoms with Crippen LogP contribution in [0.5, 0.6) is 5.75 Å². The Morgan fingerprint density at radius 1 is 1.00 bits per heavy atom. The fourth-order valence-electron chi connectivity index (χ4n) is 3.21. The zero-order chi connectivity index (χ0) is 24.5. The van der Waals surface area contributed by atoms with Crippen molar-refractivity contribution in [3.05, 3.63) is 90.5 Å². The third kappa shape index (κ3) is 7.05. The Morgan fingerprint density at radius 2 is 1.68 bits per heavy atom. The van der Waals surface area contributed by atoms with Crippen LogP contribution in [-0.4, -0.2) is 23.4 Å². The zero-order valence-electron chi connectivity index (χ0n) is 18.9. The Bertz CT molecular complexity index is 1150. The molecule has 3 aromatic rings. The third-order valence-corrected chi connectivity index (χ3v) is 5.78. The molecule has 0 radical (unpaired) electrons. The van der Waals surface area contributed by atoms with Crippen molar-refractivity contribution in [3.8, 4) is 5.75 Å². The smallest absolute Gasteiger partial charge is 0.412 e. The minimum absolute atomic E-state index is 0.101. The highest BCUT2D eigenvalue weighted by Crippen LogP contribution is 2.29. The van der Waals surface area contributed by atoms with E-state index in [2.05, 4.69) is 10.6 Å². The maximum absolute atomic E-state index is 12.6. The molecule has 0 fully saturated rings. The van der Waals surface area contributed by atoms with Crippen LogP contribution in [0.15, 0.2) is 89.8 Å². The maximum atomic E-state index is 12.6. The van der Waals surface area contributed by atoms with Crippen LogP contribution in [0.4, 0.5) is 21.9 Å². The van der Waals surface area contributed by atoms with Gasteiger partial charge in [0.15, 0.2) is 0 Å². The number of anilines is 3. The summed E-state index contributed by atoms with van der Waals surface area (Å²) in [5.74, 6) is -0.607. The first kappa shape index (κ1) is 24.7. The number of benzene rings is 3. The van der Waals surface area contributed by atoms with Crippen molar-refractivity contribution in [1.29, 1.82) is 0 Å². The van der Waals surface area contributed by atoms with Gasteiger partial charge in [0.1, 0.15) is 11.9 Å². The van der Waals surface area contributed by atoms with Gasteiger partial charge in [0, 0.05) is 16.5 Å². The predicted octanol–water partition coefficient (Wildman–Crippen LogP) is 5.82. The lowest BCUT2D eigenvalue weighted by atomic mass is 9.96. The minimum atomic E-state index is -0.697. The van der Waals surface area contributed by atoms with Crippen LogP contribution in [0, 0.1) is 5.92 Å². The fourth-order valence-corrected chi connectivity index (χ4v) is 3.61. The van der Waals surface area contributed by atoms with Crippen LogP contribution in [0.1, 0.15) is 18.6 Å². The van der Waals surface area contributed by atoms with Gasteiger partial charge in [0.2, 0.25) is 5.91 Å². The number of nitrogens with one attached hydrogen (secondary N) is 2. The second-order valence-electron chi connectivity index (χ2n) is 7.57. The number of hydrogen-bond acceptors (Lipinski definition) is 6. The summed E-state index contributed by atoms with van der Waals surface area (Å²) in [6.45, 7) is 1.83. The van der Waals surface area contributed by atoms with Crippen molar-refractivity contribution in [2.75, 3.05) is 22.6 Å². The van der Waals surface area contributed by atoms with Crippen LogP contribution in [0.2, 0.25) is 0 Å². The van der Waals surface area contributed by atoms with E-state index in [0.717, 1.165) is 4.90 Å². The molecule has 3 aromatic carbocycles. The van der Waals surface area contributed by atoms with Crippen LogP contribution in [0.25, 0.3) is 0 Å². The van der Waals surface area contributed by atoms with Crippen molar-refractivity contribution >= 4 is 40.8 Å². The van der Waals surface area contributed by atoms with E-state index in [9.17, 15) is 14.7 Å². The molecule has 34 heavy (non-hydrogen) atoms. The van der Waals surface area contributed by atoms with Crippen molar-refractivity contribution in [3.63, 3.8) is 0 Å². The topological polar surface area (TPSA) is 114 Å². The lowest BCUT2D eigenvalue weighted by molar-refractivity contribution is -0.111. The van der Waals surface area contributed by atoms with Gasteiger partial charge in [-0.3, -0.25) is 10.1 Å². The molecule has 0 aromatic heterocycles. The number of phenols is 1. The standard InChI is InChI=1S/C26H27N3O4S/c1-17(7-16-24(31)29-23-6-4-3-5-22(23)27)25(18-8-12-20(30)13-9-18)33-26(32)28-19-10-14-21(34-2)15-11-19/h3-17,25,30H,27H2,1-2H3,(H,28,32)(H,29,31)/b16-7+/t17-,25+/m1/s1. The number of thioether (sulfide) groups is 1. The van der Waals surface area contributed by atoms with Gasteiger partial charge in [-0.1, -0.05) is 37.3 Å². The van der Waals surface area contributed by atoms with Crippen LogP contribution in [-0.2, 0) is 9.53 Å². The van der Waals surface area contributed by atoms with Crippen LogP contribution < -0.4 is 16.4 Å². The van der Waals surface area contributed by atoms with Crippen molar-refractivity contribution in [2.45, 2.75) is 17.9 Å². The highest BCUT2D eigenvalue weighted by atomic mass is 32.2. The lowest BCUT2D eigenvalue weighted by Gasteiger charge is -2.23. The molecular formula is C26H27N3O4S. The normalized spacial score (nSPS) is 12.6. The molecule has 2 atom stereocenters. The third-order valence-electron chi connectivity index (χ3n) is 5.04. The fraction of sp³-hybridized carbons (Fsp3) is 0.154. The van der Waals surface area contributed by atoms with E-state index in [1.807, 2.05) is 25.3 Å². The molecular weight excluding hydrogens is 450 g/mol. The monoisotopic (exact) mass is 477 g/mol. The number of amides is 2. The molecule has 0 aliphatic heterocycles.